The zero-order valence-corrected chi connectivity index (χ0v) is 18.9. The lowest BCUT2D eigenvalue weighted by Crippen LogP contribution is -2.58. The first kappa shape index (κ1) is 26.3. The molecule has 0 spiro atoms. The number of hydrogen-bond donors (Lipinski definition) is 2. The Labute approximate surface area is 196 Å². The van der Waals surface area contributed by atoms with Crippen LogP contribution in [0.25, 0.3) is 0 Å². The summed E-state index contributed by atoms with van der Waals surface area (Å²) in [6, 6.07) is 1.25. The fourth-order valence-corrected chi connectivity index (χ4v) is 3.42. The van der Waals surface area contributed by atoms with E-state index in [1.807, 2.05) is 0 Å². The molecule has 1 aliphatic rings. The Bertz CT molecular complexity index is 1090. The predicted molar refractivity (Wildman–Crippen MR) is 115 cm³/mol. The summed E-state index contributed by atoms with van der Waals surface area (Å²) < 4.78 is 39.2. The third-order valence-corrected chi connectivity index (χ3v) is 4.85. The SMILES string of the molecule is CCCN1C(=O)C(=NC(=O)c2cc(Cl)cc(Cl)c2NC(=O)C(F)(F)F)C(N)=[N+](CCC)C1=O. The van der Waals surface area contributed by atoms with Crippen molar-refractivity contribution in [3.8, 4) is 0 Å². The van der Waals surface area contributed by atoms with Crippen LogP contribution in [0, 0.1) is 0 Å². The number of alkyl halides is 3. The lowest BCUT2D eigenvalue weighted by molar-refractivity contribution is -0.436. The van der Waals surface area contributed by atoms with Crippen LogP contribution in [0.3, 0.4) is 0 Å². The number of nitrogens with one attached hydrogen (secondary N) is 1. The third-order valence-electron chi connectivity index (χ3n) is 4.33. The molecule has 0 aromatic heterocycles. The molecule has 1 aromatic rings. The average Bonchev–Trinajstić information content (AvgIpc) is 2.72. The number of urea groups is 1. The highest BCUT2D eigenvalue weighted by molar-refractivity contribution is 6.68. The Morgan fingerprint density at radius 1 is 1.18 bits per heavy atom. The second kappa shape index (κ2) is 10.3. The van der Waals surface area contributed by atoms with Gasteiger partial charge in [-0.15, -0.1) is 0 Å². The normalized spacial score (nSPS) is 16.0. The smallest absolute Gasteiger partial charge is 0.316 e. The second-order valence-electron chi connectivity index (χ2n) is 6.80. The Morgan fingerprint density at radius 2 is 1.82 bits per heavy atom. The van der Waals surface area contributed by atoms with Gasteiger partial charge in [0.2, 0.25) is 5.71 Å². The van der Waals surface area contributed by atoms with Crippen molar-refractivity contribution in [1.29, 1.82) is 0 Å². The molecule has 2 rings (SSSR count). The number of hydrogen-bond acceptors (Lipinski definition) is 5. The number of rotatable bonds is 6. The predicted octanol–water partition coefficient (Wildman–Crippen LogP) is 3.23. The molecule has 3 N–H and O–H groups in total. The van der Waals surface area contributed by atoms with Gasteiger partial charge in [-0.3, -0.25) is 9.59 Å². The van der Waals surface area contributed by atoms with Gasteiger partial charge >= 0.3 is 24.0 Å². The van der Waals surface area contributed by atoms with Crippen LogP contribution < -0.4 is 11.1 Å². The van der Waals surface area contributed by atoms with Crippen LogP contribution in [0.5, 0.6) is 0 Å². The topological polar surface area (TPSA) is 125 Å². The number of nitrogens with zero attached hydrogens (tertiary/aromatic N) is 3. The number of carbonyl (C=O) groups is 4. The van der Waals surface area contributed by atoms with E-state index in [9.17, 15) is 32.3 Å². The lowest BCUT2D eigenvalue weighted by atomic mass is 10.1. The van der Waals surface area contributed by atoms with Crippen molar-refractivity contribution in [3.05, 3.63) is 27.7 Å². The summed E-state index contributed by atoms with van der Waals surface area (Å²) in [5, 5.41) is 0.900. The largest absolute Gasteiger partial charge is 0.471 e. The number of nitrogens with two attached hydrogens (primary N) is 1. The summed E-state index contributed by atoms with van der Waals surface area (Å²) in [5.41, 5.74) is 4.04. The molecule has 0 unspecified atom stereocenters. The van der Waals surface area contributed by atoms with Crippen molar-refractivity contribution in [2.24, 2.45) is 10.7 Å². The van der Waals surface area contributed by atoms with E-state index in [-0.39, 0.29) is 23.9 Å². The summed E-state index contributed by atoms with van der Waals surface area (Å²) >= 11 is 11.8. The number of anilines is 1. The third kappa shape index (κ3) is 5.69. The van der Waals surface area contributed by atoms with E-state index in [0.29, 0.717) is 12.8 Å². The summed E-state index contributed by atoms with van der Waals surface area (Å²) in [4.78, 5) is 54.2. The minimum absolute atomic E-state index is 0.0221. The Morgan fingerprint density at radius 3 is 2.36 bits per heavy atom. The van der Waals surface area contributed by atoms with E-state index < -0.39 is 51.9 Å². The van der Waals surface area contributed by atoms with Gasteiger partial charge in [0.25, 0.3) is 11.7 Å². The molecule has 0 radical (unpaired) electrons. The maximum absolute atomic E-state index is 12.9. The number of aliphatic imine (C=N–C) groups is 1. The van der Waals surface area contributed by atoms with Crippen LogP contribution in [0.1, 0.15) is 37.0 Å². The highest BCUT2D eigenvalue weighted by Gasteiger charge is 2.43. The molecular formula is C19H19Cl2F3N5O4+. The van der Waals surface area contributed by atoms with Gasteiger partial charge in [-0.1, -0.05) is 37.0 Å². The van der Waals surface area contributed by atoms with E-state index in [4.69, 9.17) is 28.9 Å². The van der Waals surface area contributed by atoms with Gasteiger partial charge in [-0.05, 0) is 25.0 Å². The van der Waals surface area contributed by atoms with Gasteiger partial charge in [-0.25, -0.2) is 9.59 Å². The van der Waals surface area contributed by atoms with Gasteiger partial charge in [0, 0.05) is 5.02 Å². The van der Waals surface area contributed by atoms with Crippen molar-refractivity contribution >= 4 is 64.2 Å². The maximum atomic E-state index is 12.9. The first-order valence-electron chi connectivity index (χ1n) is 9.59. The number of halogens is 5. The Hall–Kier alpha value is -2.99. The van der Waals surface area contributed by atoms with Crippen LogP contribution in [0.15, 0.2) is 17.1 Å². The van der Waals surface area contributed by atoms with Gasteiger partial charge in [0.15, 0.2) is 0 Å². The number of carbonyl (C=O) groups excluding carboxylic acids is 4. The molecule has 1 aliphatic heterocycles. The summed E-state index contributed by atoms with van der Waals surface area (Å²) in [6.45, 7) is 3.63. The van der Waals surface area contributed by atoms with E-state index >= 15 is 0 Å². The molecule has 0 atom stereocenters. The molecule has 5 amide bonds. The number of imide groups is 1. The number of amides is 5. The van der Waals surface area contributed by atoms with Crippen LogP contribution in [-0.4, -0.2) is 64.0 Å². The molecule has 1 heterocycles. The zero-order chi connectivity index (χ0) is 25.1. The van der Waals surface area contributed by atoms with E-state index in [0.717, 1.165) is 21.6 Å². The van der Waals surface area contributed by atoms with Crippen molar-refractivity contribution in [2.75, 3.05) is 18.4 Å². The van der Waals surface area contributed by atoms with E-state index in [1.165, 1.54) is 5.32 Å². The molecule has 0 saturated heterocycles. The maximum Gasteiger partial charge on any atom is 0.471 e. The first-order chi connectivity index (χ1) is 15.3. The molecule has 178 valence electrons. The molecule has 0 saturated carbocycles. The van der Waals surface area contributed by atoms with Gasteiger partial charge in [0.1, 0.15) is 0 Å². The Kier molecular flexibility index (Phi) is 8.20. The molecule has 9 nitrogen and oxygen atoms in total. The monoisotopic (exact) mass is 508 g/mol. The van der Waals surface area contributed by atoms with E-state index in [2.05, 4.69) is 4.99 Å². The van der Waals surface area contributed by atoms with Crippen molar-refractivity contribution in [3.63, 3.8) is 0 Å². The zero-order valence-electron chi connectivity index (χ0n) is 17.4. The molecular weight excluding hydrogens is 490 g/mol. The summed E-state index contributed by atoms with van der Waals surface area (Å²) in [5.74, 6) is -4.98. The minimum atomic E-state index is -5.27. The highest BCUT2D eigenvalue weighted by Crippen LogP contribution is 2.32. The lowest BCUT2D eigenvalue weighted by Gasteiger charge is -2.23. The summed E-state index contributed by atoms with van der Waals surface area (Å²) in [6.07, 6.45) is -4.39. The van der Waals surface area contributed by atoms with Gasteiger partial charge < -0.3 is 11.1 Å². The second-order valence-corrected chi connectivity index (χ2v) is 7.65. The van der Waals surface area contributed by atoms with Crippen LogP contribution in [0.4, 0.5) is 23.7 Å². The fourth-order valence-electron chi connectivity index (χ4n) is 2.88. The van der Waals surface area contributed by atoms with Crippen LogP contribution in [-0.2, 0) is 9.59 Å². The molecule has 0 aliphatic carbocycles. The molecule has 33 heavy (non-hydrogen) atoms. The standard InChI is InChI=1S/C19H18Cl2F3N5O4/c1-3-5-28-14(25)13(16(31)29(6-4-2)18(28)33)26-15(30)10-7-9(20)8-11(21)12(10)27-17(32)19(22,23)24/h7-8,25H,3-6H2,1-2H3,(H,27,30,32)/p+1. The minimum Gasteiger partial charge on any atom is -0.316 e. The number of amidine groups is 1. The fraction of sp³-hybridized carbons (Fsp3) is 0.368. The Balaban J connectivity index is 2.63. The molecule has 0 bridgehead atoms. The average molecular weight is 509 g/mol. The number of benzene rings is 1. The van der Waals surface area contributed by atoms with Crippen LogP contribution in [0.2, 0.25) is 10.0 Å². The highest BCUT2D eigenvalue weighted by atomic mass is 35.5. The molecule has 1 aromatic carbocycles. The molecule has 14 heteroatoms. The van der Waals surface area contributed by atoms with Gasteiger partial charge in [0.05, 0.1) is 29.4 Å². The van der Waals surface area contributed by atoms with E-state index in [1.54, 1.807) is 13.8 Å². The summed E-state index contributed by atoms with van der Waals surface area (Å²) in [7, 11) is 0. The first-order valence-corrected chi connectivity index (χ1v) is 10.3. The quantitative estimate of drug-likeness (QED) is 0.570. The van der Waals surface area contributed by atoms with Crippen LogP contribution >= 0.6 is 23.2 Å². The molecule has 0 fully saturated rings. The van der Waals surface area contributed by atoms with Gasteiger partial charge in [-0.2, -0.15) is 27.6 Å². The van der Waals surface area contributed by atoms with Crippen molar-refractivity contribution in [2.45, 2.75) is 32.9 Å². The van der Waals surface area contributed by atoms with Crippen molar-refractivity contribution in [1.82, 2.24) is 4.90 Å². The van der Waals surface area contributed by atoms with Crippen molar-refractivity contribution < 1.29 is 36.9 Å².